The second kappa shape index (κ2) is 2.82. The third-order valence-electron chi connectivity index (χ3n) is 2.78. The summed E-state index contributed by atoms with van der Waals surface area (Å²) in [5.41, 5.74) is -0.802. The Balaban J connectivity index is 2.26. The summed E-state index contributed by atoms with van der Waals surface area (Å²) < 4.78 is 0. The fraction of sp³-hybridized carbons (Fsp3) is 0.625. The van der Waals surface area contributed by atoms with Crippen molar-refractivity contribution in [2.45, 2.75) is 18.0 Å². The lowest BCUT2D eigenvalue weighted by Crippen LogP contribution is -2.42. The van der Waals surface area contributed by atoms with Crippen molar-refractivity contribution in [3.8, 4) is 6.07 Å². The van der Waals surface area contributed by atoms with E-state index in [1.807, 2.05) is 11.9 Å². The average Bonchev–Trinajstić information content (AvgIpc) is 2.63. The molecule has 2 radical (unpaired) electrons. The first kappa shape index (κ1) is 9.22. The molecule has 2 unspecified atom stereocenters. The van der Waals surface area contributed by atoms with Gasteiger partial charge in [0.15, 0.2) is 5.54 Å². The number of nitriles is 1. The van der Waals surface area contributed by atoms with E-state index in [1.165, 1.54) is 6.34 Å². The molecule has 5 nitrogen and oxygen atoms in total. The van der Waals surface area contributed by atoms with Crippen LogP contribution in [0.3, 0.4) is 0 Å². The molecule has 2 aliphatic rings. The maximum Gasteiger partial charge on any atom is 0.244 e. The van der Waals surface area contributed by atoms with Crippen LogP contribution in [0.25, 0.3) is 0 Å². The molecule has 2 heterocycles. The number of carbonyl (C=O) groups excluding carboxylic acids is 1. The summed E-state index contributed by atoms with van der Waals surface area (Å²) >= 11 is 0. The quantitative estimate of drug-likeness (QED) is 0.453. The predicted molar refractivity (Wildman–Crippen MR) is 50.5 cm³/mol. The van der Waals surface area contributed by atoms with Gasteiger partial charge in [0, 0.05) is 13.0 Å². The Morgan fingerprint density at radius 2 is 2.57 bits per heavy atom. The van der Waals surface area contributed by atoms with Crippen molar-refractivity contribution in [2.75, 3.05) is 13.6 Å². The van der Waals surface area contributed by atoms with E-state index < -0.39 is 5.54 Å². The maximum absolute atomic E-state index is 11.7. The molecule has 0 aliphatic carbocycles. The van der Waals surface area contributed by atoms with Crippen LogP contribution in [0.15, 0.2) is 4.99 Å². The highest BCUT2D eigenvalue weighted by Crippen LogP contribution is 2.33. The Bertz CT molecular complexity index is 350. The number of aliphatic imine (C=N–C) groups is 1. The summed E-state index contributed by atoms with van der Waals surface area (Å²) in [5, 5.41) is 8.83. The van der Waals surface area contributed by atoms with Crippen molar-refractivity contribution in [2.24, 2.45) is 4.99 Å². The van der Waals surface area contributed by atoms with Gasteiger partial charge in [-0.1, -0.05) is 0 Å². The molecule has 1 amide bonds. The minimum absolute atomic E-state index is 0.220. The fourth-order valence-electron chi connectivity index (χ4n) is 1.98. The third-order valence-corrected chi connectivity index (χ3v) is 2.78. The van der Waals surface area contributed by atoms with Gasteiger partial charge in [0.1, 0.15) is 6.04 Å². The van der Waals surface area contributed by atoms with Crippen molar-refractivity contribution >= 4 is 20.2 Å². The van der Waals surface area contributed by atoms with E-state index in [4.69, 9.17) is 13.2 Å². The Labute approximate surface area is 83.4 Å². The number of likely N-dealkylation sites (N-methyl/N-ethyl adjacent to an activating group) is 1. The highest BCUT2D eigenvalue weighted by atomic mass is 16.2. The molecule has 6 heteroatoms. The summed E-state index contributed by atoms with van der Waals surface area (Å²) in [6.07, 6.45) is 1.76. The fourth-order valence-corrected chi connectivity index (χ4v) is 1.98. The number of amides is 1. The van der Waals surface area contributed by atoms with E-state index in [-0.39, 0.29) is 11.9 Å². The predicted octanol–water partition coefficient (Wildman–Crippen LogP) is -1.09. The highest BCUT2D eigenvalue weighted by molar-refractivity contribution is 6.25. The van der Waals surface area contributed by atoms with Gasteiger partial charge in [0.25, 0.3) is 0 Å². The standard InChI is InChI=1S/C8H9BN4O/c1-12-4-8(2-6(12)3-10)7(14)13(9)5-11-8/h5-6H,2,4H2,1H3. The van der Waals surface area contributed by atoms with E-state index in [0.717, 1.165) is 4.81 Å². The van der Waals surface area contributed by atoms with Gasteiger partial charge in [-0.2, -0.15) is 5.26 Å². The maximum atomic E-state index is 11.7. The number of nitrogens with zero attached hydrogens (tertiary/aromatic N) is 4. The van der Waals surface area contributed by atoms with Crippen LogP contribution in [0.4, 0.5) is 0 Å². The number of hydrogen-bond acceptors (Lipinski definition) is 4. The van der Waals surface area contributed by atoms with Gasteiger partial charge >= 0.3 is 0 Å². The summed E-state index contributed by atoms with van der Waals surface area (Å²) in [5.74, 6) is -0.220. The molecule has 14 heavy (non-hydrogen) atoms. The van der Waals surface area contributed by atoms with Crippen molar-refractivity contribution in [1.29, 1.82) is 5.26 Å². The lowest BCUT2D eigenvalue weighted by atomic mass is 9.96. The van der Waals surface area contributed by atoms with Crippen LogP contribution in [-0.4, -0.2) is 55.1 Å². The zero-order chi connectivity index (χ0) is 10.3. The van der Waals surface area contributed by atoms with Crippen LogP contribution in [0.5, 0.6) is 0 Å². The minimum Gasteiger partial charge on any atom is -0.358 e. The van der Waals surface area contributed by atoms with Crippen molar-refractivity contribution in [3.05, 3.63) is 0 Å². The zero-order valence-corrected chi connectivity index (χ0v) is 7.84. The lowest BCUT2D eigenvalue weighted by Gasteiger charge is -2.18. The molecule has 0 aromatic heterocycles. The lowest BCUT2D eigenvalue weighted by molar-refractivity contribution is -0.127. The first-order valence-electron chi connectivity index (χ1n) is 4.33. The van der Waals surface area contributed by atoms with Crippen LogP contribution in [0, 0.1) is 11.3 Å². The zero-order valence-electron chi connectivity index (χ0n) is 7.84. The monoisotopic (exact) mass is 188 g/mol. The van der Waals surface area contributed by atoms with E-state index in [9.17, 15) is 4.79 Å². The third kappa shape index (κ3) is 1.06. The molecule has 2 rings (SSSR count). The Hall–Kier alpha value is -1.35. The van der Waals surface area contributed by atoms with Crippen molar-refractivity contribution in [1.82, 2.24) is 9.71 Å². The molecule has 1 spiro atoms. The number of rotatable bonds is 0. The molecule has 0 aromatic rings. The van der Waals surface area contributed by atoms with Crippen LogP contribution in [0.1, 0.15) is 6.42 Å². The molecule has 2 aliphatic heterocycles. The topological polar surface area (TPSA) is 59.7 Å². The molecule has 1 saturated heterocycles. The van der Waals surface area contributed by atoms with E-state index in [1.54, 1.807) is 0 Å². The van der Waals surface area contributed by atoms with Crippen molar-refractivity contribution in [3.63, 3.8) is 0 Å². The highest BCUT2D eigenvalue weighted by Gasteiger charge is 2.51. The molecule has 2 atom stereocenters. The normalized spacial score (nSPS) is 37.0. The summed E-state index contributed by atoms with van der Waals surface area (Å²) in [7, 11) is 7.21. The number of hydrogen-bond donors (Lipinski definition) is 0. The van der Waals surface area contributed by atoms with E-state index in [2.05, 4.69) is 11.1 Å². The molecule has 70 valence electrons. The number of likely N-dealkylation sites (tertiary alicyclic amines) is 1. The second-order valence-electron chi connectivity index (χ2n) is 3.75. The molecule has 0 aromatic carbocycles. The van der Waals surface area contributed by atoms with Gasteiger partial charge in [-0.3, -0.25) is 14.7 Å². The van der Waals surface area contributed by atoms with Gasteiger partial charge in [-0.05, 0) is 7.05 Å². The van der Waals surface area contributed by atoms with Gasteiger partial charge in [0.05, 0.1) is 12.4 Å². The van der Waals surface area contributed by atoms with Crippen LogP contribution in [0.2, 0.25) is 0 Å². The SMILES string of the molecule is [B]N1C=NC2(CC(C#N)N(C)C2)C1=O. The van der Waals surface area contributed by atoms with E-state index >= 15 is 0 Å². The summed E-state index contributed by atoms with van der Waals surface area (Å²) in [4.78, 5) is 18.6. The molecule has 0 bridgehead atoms. The Morgan fingerprint density at radius 3 is 3.00 bits per heavy atom. The summed E-state index contributed by atoms with van der Waals surface area (Å²) in [6.45, 7) is 0.467. The van der Waals surface area contributed by atoms with Crippen LogP contribution in [-0.2, 0) is 4.79 Å². The first-order valence-corrected chi connectivity index (χ1v) is 4.33. The summed E-state index contributed by atoms with van der Waals surface area (Å²) in [6, 6.07) is 1.89. The van der Waals surface area contributed by atoms with Gasteiger partial charge in [-0.15, -0.1) is 0 Å². The van der Waals surface area contributed by atoms with Gasteiger partial charge in [-0.25, -0.2) is 0 Å². The minimum atomic E-state index is -0.802. The first-order chi connectivity index (χ1) is 6.59. The average molecular weight is 188 g/mol. The largest absolute Gasteiger partial charge is 0.358 e. The van der Waals surface area contributed by atoms with E-state index in [0.29, 0.717) is 13.0 Å². The van der Waals surface area contributed by atoms with Crippen molar-refractivity contribution < 1.29 is 4.79 Å². The Morgan fingerprint density at radius 1 is 1.86 bits per heavy atom. The van der Waals surface area contributed by atoms with Gasteiger partial charge < -0.3 is 4.81 Å². The smallest absolute Gasteiger partial charge is 0.244 e. The number of carbonyl (C=O) groups is 1. The molecule has 1 fully saturated rings. The van der Waals surface area contributed by atoms with Crippen LogP contribution < -0.4 is 0 Å². The Kier molecular flexibility index (Phi) is 1.86. The molecular formula is C8H9BN4O. The van der Waals surface area contributed by atoms with Gasteiger partial charge in [0.2, 0.25) is 13.9 Å². The second-order valence-corrected chi connectivity index (χ2v) is 3.75. The van der Waals surface area contributed by atoms with Crippen LogP contribution >= 0.6 is 0 Å². The molecule has 0 N–H and O–H groups in total. The molecular weight excluding hydrogens is 179 g/mol. The molecule has 0 saturated carbocycles.